The van der Waals surface area contributed by atoms with Crippen molar-refractivity contribution in [2.24, 2.45) is 11.8 Å². The summed E-state index contributed by atoms with van der Waals surface area (Å²) in [5.41, 5.74) is -1.87. The molecule has 1 heterocycles. The maximum Gasteiger partial charge on any atom is 0.407 e. The first kappa shape index (κ1) is 28.2. The van der Waals surface area contributed by atoms with Crippen LogP contribution in [-0.2, 0) is 19.4 Å². The SMILES string of the molecule is O=C1N[C@H](C(=O)NC[C@]2(O)C3CC2C[C@@H](S(=O)(=O)c2cc(C(=O)Nc4cc(F)c(F)c(F)c4)ccc2Cl)C3)CO1. The number of ether oxygens (including phenoxy) is 1. The van der Waals surface area contributed by atoms with Crippen molar-refractivity contribution in [2.45, 2.75) is 41.1 Å². The lowest BCUT2D eigenvalue weighted by atomic mass is 9.53. The monoisotopic (exact) mass is 601 g/mol. The highest BCUT2D eigenvalue weighted by Crippen LogP contribution is 2.55. The van der Waals surface area contributed by atoms with Crippen molar-refractivity contribution in [1.29, 1.82) is 0 Å². The fraction of sp³-hybridized carbons (Fsp3) is 0.400. The fourth-order valence-corrected chi connectivity index (χ4v) is 7.95. The number of sulfone groups is 1. The van der Waals surface area contributed by atoms with Crippen LogP contribution in [0, 0.1) is 29.3 Å². The molecule has 0 aromatic heterocycles. The van der Waals surface area contributed by atoms with Crippen LogP contribution in [0.3, 0.4) is 0 Å². The molecule has 3 aliphatic carbocycles. The predicted molar refractivity (Wildman–Crippen MR) is 134 cm³/mol. The fourth-order valence-electron chi connectivity index (χ4n) is 5.55. The van der Waals surface area contributed by atoms with Gasteiger partial charge in [0.05, 0.1) is 20.8 Å². The van der Waals surface area contributed by atoms with E-state index in [9.17, 15) is 41.1 Å². The lowest BCUT2D eigenvalue weighted by Crippen LogP contribution is -2.66. The maximum atomic E-state index is 13.6. The first-order valence-electron chi connectivity index (χ1n) is 12.2. The minimum Gasteiger partial charge on any atom is -0.447 e. The highest BCUT2D eigenvalue weighted by atomic mass is 35.5. The van der Waals surface area contributed by atoms with Gasteiger partial charge < -0.3 is 25.8 Å². The molecule has 3 amide bonds. The standard InChI is InChI=1S/C25H23ClF3N3O7S/c26-16-2-1-11(22(33)31-14-7-17(27)21(29)18(28)8-14)3-20(16)40(37,38)15-5-12-4-13(6-15)25(12,36)10-30-23(34)19-9-39-24(35)32-19/h1-3,7-8,12-13,15,19,36H,4-6,9-10H2,(H,30,34)(H,31,33)(H,32,35)/t12?,13?,15-,19-,25-/m0/s1. The number of aliphatic hydroxyl groups is 1. The number of carbonyl (C=O) groups excluding carboxylic acids is 3. The summed E-state index contributed by atoms with van der Waals surface area (Å²) in [5.74, 6) is -7.02. The van der Waals surface area contributed by atoms with Crippen LogP contribution in [0.1, 0.15) is 29.6 Å². The second-order valence-corrected chi connectivity index (χ2v) is 12.7. The van der Waals surface area contributed by atoms with E-state index in [0.29, 0.717) is 18.6 Å². The number of cyclic esters (lactones) is 1. The molecule has 2 aromatic rings. The van der Waals surface area contributed by atoms with Gasteiger partial charge in [-0.2, -0.15) is 0 Å². The van der Waals surface area contributed by atoms with Crippen molar-refractivity contribution in [1.82, 2.24) is 10.6 Å². The Labute approximate surface area is 231 Å². The summed E-state index contributed by atoms with van der Waals surface area (Å²) >= 11 is 6.20. The van der Waals surface area contributed by atoms with Crippen molar-refractivity contribution < 1.29 is 45.8 Å². The molecular weight excluding hydrogens is 579 g/mol. The van der Waals surface area contributed by atoms with Crippen LogP contribution in [-0.4, -0.2) is 61.5 Å². The summed E-state index contributed by atoms with van der Waals surface area (Å²) in [6.45, 7) is -0.257. The van der Waals surface area contributed by atoms with Gasteiger partial charge in [0.15, 0.2) is 27.3 Å². The second-order valence-electron chi connectivity index (χ2n) is 10.1. The lowest BCUT2D eigenvalue weighted by molar-refractivity contribution is -0.174. The van der Waals surface area contributed by atoms with E-state index >= 15 is 0 Å². The first-order chi connectivity index (χ1) is 18.8. The van der Waals surface area contributed by atoms with Crippen LogP contribution in [0.25, 0.3) is 0 Å². The predicted octanol–water partition coefficient (Wildman–Crippen LogP) is 2.54. The Hall–Kier alpha value is -3.36. The molecule has 214 valence electrons. The van der Waals surface area contributed by atoms with Gasteiger partial charge in [0.2, 0.25) is 5.91 Å². The van der Waals surface area contributed by atoms with E-state index in [0.717, 1.165) is 6.07 Å². The summed E-state index contributed by atoms with van der Waals surface area (Å²) in [6, 6.07) is 3.77. The van der Waals surface area contributed by atoms with Crippen LogP contribution in [0.4, 0.5) is 23.7 Å². The molecule has 2 bridgehead atoms. The van der Waals surface area contributed by atoms with E-state index in [1.807, 2.05) is 0 Å². The van der Waals surface area contributed by atoms with Crippen molar-refractivity contribution in [2.75, 3.05) is 18.5 Å². The van der Waals surface area contributed by atoms with Gasteiger partial charge >= 0.3 is 6.09 Å². The number of rotatable bonds is 7. The third-order valence-corrected chi connectivity index (χ3v) is 10.4. The molecule has 3 saturated carbocycles. The number of nitrogens with one attached hydrogen (secondary N) is 3. The molecular formula is C25H23ClF3N3O7S. The first-order valence-corrected chi connectivity index (χ1v) is 14.1. The molecule has 1 aliphatic heterocycles. The van der Waals surface area contributed by atoms with E-state index < -0.39 is 73.9 Å². The van der Waals surface area contributed by atoms with Gasteiger partial charge in [-0.3, -0.25) is 9.59 Å². The van der Waals surface area contributed by atoms with Crippen LogP contribution in [0.15, 0.2) is 35.2 Å². The Morgan fingerprint density at radius 1 is 1.10 bits per heavy atom. The molecule has 15 heteroatoms. The van der Waals surface area contributed by atoms with Crippen molar-refractivity contribution in [3.05, 3.63) is 58.4 Å². The normalized spacial score (nSPS) is 27.3. The van der Waals surface area contributed by atoms with E-state index in [1.54, 1.807) is 0 Å². The summed E-state index contributed by atoms with van der Waals surface area (Å²) in [6.07, 6.45) is -0.00113. The maximum absolute atomic E-state index is 13.6. The van der Waals surface area contributed by atoms with E-state index in [2.05, 4.69) is 20.7 Å². The zero-order valence-corrected chi connectivity index (χ0v) is 22.1. The van der Waals surface area contributed by atoms with Crippen LogP contribution < -0.4 is 16.0 Å². The third-order valence-electron chi connectivity index (χ3n) is 7.79. The lowest BCUT2D eigenvalue weighted by Gasteiger charge is -2.58. The van der Waals surface area contributed by atoms with Gasteiger partial charge in [-0.1, -0.05) is 11.6 Å². The number of benzene rings is 2. The zero-order chi connectivity index (χ0) is 29.0. The largest absolute Gasteiger partial charge is 0.447 e. The quantitative estimate of drug-likeness (QED) is 0.356. The van der Waals surface area contributed by atoms with Crippen LogP contribution in [0.2, 0.25) is 5.02 Å². The van der Waals surface area contributed by atoms with Gasteiger partial charge in [0.1, 0.15) is 12.6 Å². The Bertz CT molecular complexity index is 1490. The summed E-state index contributed by atoms with van der Waals surface area (Å²) in [4.78, 5) is 35.8. The number of hydrogen-bond acceptors (Lipinski definition) is 7. The molecule has 6 rings (SSSR count). The average molecular weight is 602 g/mol. The zero-order valence-electron chi connectivity index (χ0n) is 20.5. The van der Waals surface area contributed by atoms with Gasteiger partial charge in [0.25, 0.3) is 5.91 Å². The number of anilines is 1. The number of alkyl carbamates (subject to hydrolysis) is 1. The second kappa shape index (κ2) is 10.2. The summed E-state index contributed by atoms with van der Waals surface area (Å²) in [7, 11) is -4.09. The highest BCUT2D eigenvalue weighted by Gasteiger charge is 2.60. The Kier molecular flexibility index (Phi) is 7.21. The number of amides is 3. The molecule has 0 radical (unpaired) electrons. The smallest absolute Gasteiger partial charge is 0.407 e. The van der Waals surface area contributed by atoms with E-state index in [4.69, 9.17) is 11.6 Å². The molecule has 4 fully saturated rings. The minimum atomic E-state index is -4.09. The molecule has 4 N–H and O–H groups in total. The molecule has 4 aliphatic rings. The Balaban J connectivity index is 1.27. The molecule has 0 spiro atoms. The third kappa shape index (κ3) is 4.99. The molecule has 3 atom stereocenters. The Morgan fingerprint density at radius 2 is 1.75 bits per heavy atom. The van der Waals surface area contributed by atoms with Gasteiger partial charge in [0, 0.05) is 29.9 Å². The Morgan fingerprint density at radius 3 is 2.35 bits per heavy atom. The van der Waals surface area contributed by atoms with Gasteiger partial charge in [-0.15, -0.1) is 0 Å². The molecule has 10 nitrogen and oxygen atoms in total. The molecule has 40 heavy (non-hydrogen) atoms. The van der Waals surface area contributed by atoms with Crippen molar-refractivity contribution >= 4 is 45.0 Å². The minimum absolute atomic E-state index is 0.0787. The number of fused-ring (bicyclic) bond motifs is 2. The molecule has 2 aromatic carbocycles. The average Bonchev–Trinajstić information content (AvgIpc) is 3.36. The molecule has 1 saturated heterocycles. The number of hydrogen-bond donors (Lipinski definition) is 4. The highest BCUT2D eigenvalue weighted by molar-refractivity contribution is 7.92. The number of carbonyl (C=O) groups is 3. The van der Waals surface area contributed by atoms with Crippen LogP contribution >= 0.6 is 11.6 Å². The number of halogens is 4. The van der Waals surface area contributed by atoms with Crippen molar-refractivity contribution in [3.63, 3.8) is 0 Å². The molecule has 2 unspecified atom stereocenters. The summed E-state index contributed by atoms with van der Waals surface area (Å²) in [5, 5.41) is 17.2. The van der Waals surface area contributed by atoms with E-state index in [1.165, 1.54) is 12.1 Å². The van der Waals surface area contributed by atoms with E-state index in [-0.39, 0.29) is 47.2 Å². The van der Waals surface area contributed by atoms with Crippen LogP contribution in [0.5, 0.6) is 0 Å². The van der Waals surface area contributed by atoms with Gasteiger partial charge in [-0.05, 0) is 49.3 Å². The topological polar surface area (TPSA) is 151 Å². The van der Waals surface area contributed by atoms with Crippen molar-refractivity contribution in [3.8, 4) is 0 Å². The summed E-state index contributed by atoms with van der Waals surface area (Å²) < 4.78 is 72.0. The van der Waals surface area contributed by atoms with Gasteiger partial charge in [-0.25, -0.2) is 26.4 Å².